The van der Waals surface area contributed by atoms with Crippen molar-refractivity contribution in [1.82, 2.24) is 5.32 Å². The molecule has 1 aromatic rings. The molecule has 7 nitrogen and oxygen atoms in total. The highest BCUT2D eigenvalue weighted by molar-refractivity contribution is 5.95. The number of primary amides is 1. The van der Waals surface area contributed by atoms with E-state index in [1.807, 2.05) is 0 Å². The Labute approximate surface area is 135 Å². The van der Waals surface area contributed by atoms with Gasteiger partial charge in [-0.3, -0.25) is 9.59 Å². The third kappa shape index (κ3) is 4.35. The summed E-state index contributed by atoms with van der Waals surface area (Å²) in [6.07, 6.45) is 3.07. The normalized spacial score (nSPS) is 20.1. The van der Waals surface area contributed by atoms with Crippen LogP contribution in [0, 0.1) is 5.92 Å². The molecule has 0 heterocycles. The molecule has 1 saturated carbocycles. The van der Waals surface area contributed by atoms with E-state index in [0.29, 0.717) is 29.5 Å². The smallest absolute Gasteiger partial charge is 0.255 e. The summed E-state index contributed by atoms with van der Waals surface area (Å²) in [7, 11) is 1.47. The van der Waals surface area contributed by atoms with Gasteiger partial charge in [0.05, 0.1) is 7.11 Å². The van der Waals surface area contributed by atoms with Gasteiger partial charge in [0.1, 0.15) is 0 Å². The molecule has 5 N–H and O–H groups in total. The van der Waals surface area contributed by atoms with Crippen LogP contribution in [0.1, 0.15) is 29.6 Å². The first kappa shape index (κ1) is 17.1. The van der Waals surface area contributed by atoms with Gasteiger partial charge < -0.3 is 26.3 Å². The summed E-state index contributed by atoms with van der Waals surface area (Å²) in [5.41, 5.74) is 11.3. The summed E-state index contributed by atoms with van der Waals surface area (Å²) in [5, 5.41) is 3.03. The zero-order valence-corrected chi connectivity index (χ0v) is 13.2. The summed E-state index contributed by atoms with van der Waals surface area (Å²) < 4.78 is 10.4. The predicted molar refractivity (Wildman–Crippen MR) is 85.3 cm³/mol. The molecule has 1 aliphatic carbocycles. The van der Waals surface area contributed by atoms with Gasteiger partial charge in [-0.2, -0.15) is 0 Å². The molecule has 1 aliphatic rings. The third-order valence-electron chi connectivity index (χ3n) is 4.07. The molecule has 1 fully saturated rings. The zero-order chi connectivity index (χ0) is 16.8. The van der Waals surface area contributed by atoms with Gasteiger partial charge in [-0.25, -0.2) is 0 Å². The topological polar surface area (TPSA) is 117 Å². The number of amides is 2. The Kier molecular flexibility index (Phi) is 5.81. The SMILES string of the molecule is COc1cc(C(=O)NC2CCCC2CN)ccc1OCC(N)=O. The van der Waals surface area contributed by atoms with Gasteiger partial charge in [0.2, 0.25) is 0 Å². The molecule has 2 amide bonds. The molecule has 0 saturated heterocycles. The highest BCUT2D eigenvalue weighted by atomic mass is 16.5. The molecule has 0 bridgehead atoms. The van der Waals surface area contributed by atoms with Crippen LogP contribution < -0.4 is 26.3 Å². The summed E-state index contributed by atoms with van der Waals surface area (Å²) in [6, 6.07) is 4.91. The van der Waals surface area contributed by atoms with E-state index in [1.165, 1.54) is 7.11 Å². The minimum Gasteiger partial charge on any atom is -0.493 e. The molecule has 2 rings (SSSR count). The average Bonchev–Trinajstić information content (AvgIpc) is 2.99. The maximum atomic E-state index is 12.4. The van der Waals surface area contributed by atoms with Crippen LogP contribution in [-0.4, -0.2) is 38.1 Å². The molecular formula is C16H23N3O4. The van der Waals surface area contributed by atoms with Gasteiger partial charge in [-0.1, -0.05) is 6.42 Å². The number of ether oxygens (including phenoxy) is 2. The van der Waals surface area contributed by atoms with E-state index < -0.39 is 5.91 Å². The van der Waals surface area contributed by atoms with Crippen LogP contribution in [0.3, 0.4) is 0 Å². The van der Waals surface area contributed by atoms with Crippen molar-refractivity contribution in [3.05, 3.63) is 23.8 Å². The Bertz CT molecular complexity index is 576. The number of nitrogens with two attached hydrogens (primary N) is 2. The van der Waals surface area contributed by atoms with Crippen molar-refractivity contribution < 1.29 is 19.1 Å². The molecule has 126 valence electrons. The second-order valence-corrected chi connectivity index (χ2v) is 5.63. The monoisotopic (exact) mass is 321 g/mol. The van der Waals surface area contributed by atoms with Gasteiger partial charge in [-0.05, 0) is 43.5 Å². The number of nitrogens with one attached hydrogen (secondary N) is 1. The second kappa shape index (κ2) is 7.82. The minimum absolute atomic E-state index is 0.115. The van der Waals surface area contributed by atoms with Crippen LogP contribution in [0.2, 0.25) is 0 Å². The summed E-state index contributed by atoms with van der Waals surface area (Å²) >= 11 is 0. The van der Waals surface area contributed by atoms with Crippen LogP contribution in [-0.2, 0) is 4.79 Å². The lowest BCUT2D eigenvalue weighted by Gasteiger charge is -2.20. The zero-order valence-electron chi connectivity index (χ0n) is 13.2. The van der Waals surface area contributed by atoms with Crippen LogP contribution in [0.15, 0.2) is 18.2 Å². The van der Waals surface area contributed by atoms with Crippen LogP contribution >= 0.6 is 0 Å². The Morgan fingerprint density at radius 2 is 2.09 bits per heavy atom. The molecule has 23 heavy (non-hydrogen) atoms. The lowest BCUT2D eigenvalue weighted by atomic mass is 10.0. The van der Waals surface area contributed by atoms with E-state index in [-0.39, 0.29) is 18.6 Å². The van der Waals surface area contributed by atoms with E-state index >= 15 is 0 Å². The van der Waals surface area contributed by atoms with Crippen molar-refractivity contribution in [2.24, 2.45) is 17.4 Å². The first-order valence-corrected chi connectivity index (χ1v) is 7.65. The molecule has 2 unspecified atom stereocenters. The highest BCUT2D eigenvalue weighted by Crippen LogP contribution is 2.29. The molecule has 0 aromatic heterocycles. The molecular weight excluding hydrogens is 298 g/mol. The number of hydrogen-bond donors (Lipinski definition) is 3. The quantitative estimate of drug-likeness (QED) is 0.673. The highest BCUT2D eigenvalue weighted by Gasteiger charge is 2.27. The molecule has 7 heteroatoms. The van der Waals surface area contributed by atoms with Crippen molar-refractivity contribution in [3.63, 3.8) is 0 Å². The van der Waals surface area contributed by atoms with Gasteiger partial charge in [0.25, 0.3) is 11.8 Å². The van der Waals surface area contributed by atoms with Crippen molar-refractivity contribution in [3.8, 4) is 11.5 Å². The molecule has 0 aliphatic heterocycles. The fraction of sp³-hybridized carbons (Fsp3) is 0.500. The number of carbonyl (C=O) groups excluding carboxylic acids is 2. The second-order valence-electron chi connectivity index (χ2n) is 5.63. The van der Waals surface area contributed by atoms with Crippen LogP contribution in [0.4, 0.5) is 0 Å². The molecule has 2 atom stereocenters. The summed E-state index contributed by atoms with van der Waals surface area (Å²) in [6.45, 7) is 0.330. The van der Waals surface area contributed by atoms with E-state index in [9.17, 15) is 9.59 Å². The van der Waals surface area contributed by atoms with Crippen LogP contribution in [0.5, 0.6) is 11.5 Å². The van der Waals surface area contributed by atoms with E-state index in [1.54, 1.807) is 18.2 Å². The number of hydrogen-bond acceptors (Lipinski definition) is 5. The maximum absolute atomic E-state index is 12.4. The first-order valence-electron chi connectivity index (χ1n) is 7.65. The standard InChI is InChI=1S/C16H23N3O4/c1-22-14-7-10(5-6-13(14)23-9-15(18)20)16(21)19-12-4-2-3-11(12)8-17/h5-7,11-12H,2-4,8-9,17H2,1H3,(H2,18,20)(H,19,21). The number of carbonyl (C=O) groups is 2. The Morgan fingerprint density at radius 1 is 1.30 bits per heavy atom. The number of methoxy groups -OCH3 is 1. The van der Waals surface area contributed by atoms with Gasteiger partial charge in [-0.15, -0.1) is 0 Å². The summed E-state index contributed by atoms with van der Waals surface area (Å²) in [5.74, 6) is 0.321. The lowest BCUT2D eigenvalue weighted by Crippen LogP contribution is -2.39. The van der Waals surface area contributed by atoms with E-state index in [4.69, 9.17) is 20.9 Å². The van der Waals surface area contributed by atoms with E-state index in [0.717, 1.165) is 19.3 Å². The largest absolute Gasteiger partial charge is 0.493 e. The summed E-state index contributed by atoms with van der Waals surface area (Å²) in [4.78, 5) is 23.2. The van der Waals surface area contributed by atoms with E-state index in [2.05, 4.69) is 5.32 Å². The van der Waals surface area contributed by atoms with Crippen molar-refractivity contribution in [2.45, 2.75) is 25.3 Å². The molecule has 0 radical (unpaired) electrons. The van der Waals surface area contributed by atoms with Crippen LogP contribution in [0.25, 0.3) is 0 Å². The van der Waals surface area contributed by atoms with Crippen molar-refractivity contribution >= 4 is 11.8 Å². The lowest BCUT2D eigenvalue weighted by molar-refractivity contribution is -0.119. The first-order chi connectivity index (χ1) is 11.0. The fourth-order valence-electron chi connectivity index (χ4n) is 2.84. The van der Waals surface area contributed by atoms with Crippen molar-refractivity contribution in [2.75, 3.05) is 20.3 Å². The maximum Gasteiger partial charge on any atom is 0.255 e. The Morgan fingerprint density at radius 3 is 2.74 bits per heavy atom. The predicted octanol–water partition coefficient (Wildman–Crippen LogP) is 0.417. The molecule has 1 aromatic carbocycles. The third-order valence-corrected chi connectivity index (χ3v) is 4.07. The Balaban J connectivity index is 2.07. The fourth-order valence-corrected chi connectivity index (χ4v) is 2.84. The minimum atomic E-state index is -0.581. The number of rotatable bonds is 7. The van der Waals surface area contributed by atoms with Gasteiger partial charge in [0.15, 0.2) is 18.1 Å². The van der Waals surface area contributed by atoms with Crippen molar-refractivity contribution in [1.29, 1.82) is 0 Å². The molecule has 0 spiro atoms. The average molecular weight is 321 g/mol. The van der Waals surface area contributed by atoms with Gasteiger partial charge >= 0.3 is 0 Å². The Hall–Kier alpha value is -2.28. The van der Waals surface area contributed by atoms with Gasteiger partial charge in [0, 0.05) is 11.6 Å². The number of benzene rings is 1.